The molecule has 0 radical (unpaired) electrons. The molecule has 1 heterocycles. The van der Waals surface area contributed by atoms with Crippen LogP contribution in [-0.2, 0) is 4.43 Å². The van der Waals surface area contributed by atoms with E-state index in [2.05, 4.69) is 0 Å². The van der Waals surface area contributed by atoms with Crippen LogP contribution in [0.2, 0.25) is 6.04 Å². The minimum absolute atomic E-state index is 0.373. The summed E-state index contributed by atoms with van der Waals surface area (Å²) in [6.07, 6.45) is 1.11. The van der Waals surface area contributed by atoms with E-state index in [0.29, 0.717) is 0 Å². The Morgan fingerprint density at radius 1 is 1.71 bits per heavy atom. The van der Waals surface area contributed by atoms with Crippen molar-refractivity contribution in [2.45, 2.75) is 12.5 Å². The first-order chi connectivity index (χ1) is 3.39. The van der Waals surface area contributed by atoms with Crippen LogP contribution in [0.25, 0.3) is 0 Å². The summed E-state index contributed by atoms with van der Waals surface area (Å²) in [5.41, 5.74) is 0. The Morgan fingerprint density at radius 3 is 2.86 bits per heavy atom. The summed E-state index contributed by atoms with van der Waals surface area (Å²) in [7, 11) is -1.55. The molecule has 7 heavy (non-hydrogen) atoms. The number of hydrogen-bond donors (Lipinski definition) is 1. The Balaban J connectivity index is 2.12. The molecule has 0 aromatic rings. The molecule has 1 aliphatic rings. The van der Waals surface area contributed by atoms with E-state index in [1.807, 2.05) is 0 Å². The highest BCUT2D eigenvalue weighted by Crippen LogP contribution is 2.00. The van der Waals surface area contributed by atoms with E-state index in [1.165, 1.54) is 0 Å². The van der Waals surface area contributed by atoms with Gasteiger partial charge >= 0.3 is 0 Å². The van der Waals surface area contributed by atoms with Crippen molar-refractivity contribution in [1.29, 1.82) is 0 Å². The second-order valence-electron chi connectivity index (χ2n) is 1.87. The molecule has 0 saturated carbocycles. The van der Waals surface area contributed by atoms with Gasteiger partial charge in [-0.3, -0.25) is 0 Å². The Bertz CT molecular complexity index is 52.9. The topological polar surface area (TPSA) is 29.5 Å². The summed E-state index contributed by atoms with van der Waals surface area (Å²) in [5.74, 6) is 0. The van der Waals surface area contributed by atoms with Gasteiger partial charge in [-0.1, -0.05) is 0 Å². The minimum Gasteiger partial charge on any atom is -0.435 e. The van der Waals surface area contributed by atoms with Crippen LogP contribution in [0.15, 0.2) is 0 Å². The highest BCUT2D eigenvalue weighted by atomic mass is 29.2. The van der Waals surface area contributed by atoms with Gasteiger partial charge in [-0.15, -0.1) is 0 Å². The summed E-state index contributed by atoms with van der Waals surface area (Å²) in [6.45, 7) is 0.927. The normalized spacial score (nSPS) is 36.4. The lowest BCUT2D eigenvalue weighted by Gasteiger charge is -2.13. The van der Waals surface area contributed by atoms with Crippen LogP contribution < -0.4 is 0 Å². The van der Waals surface area contributed by atoms with E-state index in [4.69, 9.17) is 9.22 Å². The average molecular weight is 134 g/mol. The molecule has 0 amide bonds. The van der Waals surface area contributed by atoms with E-state index in [1.54, 1.807) is 0 Å². The largest absolute Gasteiger partial charge is 0.435 e. The molecule has 42 valence electrons. The molecule has 1 saturated heterocycles. The number of hydrogen-bond acceptors (Lipinski definition) is 2. The van der Waals surface area contributed by atoms with Gasteiger partial charge in [0.25, 0.3) is 0 Å². The van der Waals surface area contributed by atoms with Crippen LogP contribution in [-0.4, -0.2) is 29.2 Å². The van der Waals surface area contributed by atoms with Gasteiger partial charge in [0.2, 0.25) is 0 Å². The van der Waals surface area contributed by atoms with Crippen molar-refractivity contribution in [3.63, 3.8) is 0 Å². The van der Waals surface area contributed by atoms with Gasteiger partial charge in [0.05, 0.1) is 0 Å². The van der Waals surface area contributed by atoms with Gasteiger partial charge in [0.15, 0.2) is 17.8 Å². The van der Waals surface area contributed by atoms with Crippen molar-refractivity contribution in [3.8, 4) is 0 Å². The molecule has 4 heteroatoms. The number of rotatable bonds is 0. The van der Waals surface area contributed by atoms with Crippen LogP contribution in [0.3, 0.4) is 0 Å². The van der Waals surface area contributed by atoms with Crippen LogP contribution in [0, 0.1) is 0 Å². The first-order valence-corrected chi connectivity index (χ1v) is 7.83. The maximum Gasteiger partial charge on any atom is 0.184 e. The maximum absolute atomic E-state index is 8.98. The van der Waals surface area contributed by atoms with E-state index in [0.717, 1.165) is 19.1 Å². The fourth-order valence-electron chi connectivity index (χ4n) is 0.724. The van der Waals surface area contributed by atoms with Crippen molar-refractivity contribution >= 4 is 17.8 Å². The fraction of sp³-hybridized carbons (Fsp3) is 1.00. The standard InChI is InChI=1S/C3H10O2Si2/c4-7-3-1-2-5-6-7/h4,7H,1-3,6H2. The Morgan fingerprint density at radius 2 is 2.57 bits per heavy atom. The van der Waals surface area contributed by atoms with Crippen LogP contribution >= 0.6 is 0 Å². The molecule has 1 fully saturated rings. The Labute approximate surface area is 47.0 Å². The second kappa shape index (κ2) is 2.61. The van der Waals surface area contributed by atoms with Crippen molar-refractivity contribution in [2.24, 2.45) is 0 Å². The molecule has 2 nitrogen and oxygen atoms in total. The van der Waals surface area contributed by atoms with Crippen LogP contribution in [0.1, 0.15) is 6.42 Å². The second-order valence-corrected chi connectivity index (χ2v) is 8.33. The molecule has 0 aliphatic carbocycles. The van der Waals surface area contributed by atoms with E-state index in [9.17, 15) is 0 Å². The first kappa shape index (κ1) is 5.49. The molecule has 1 atom stereocenters. The van der Waals surface area contributed by atoms with E-state index >= 15 is 0 Å². The fourth-order valence-corrected chi connectivity index (χ4v) is 4.85. The predicted molar refractivity (Wildman–Crippen MR) is 33.3 cm³/mol. The third-order valence-corrected chi connectivity index (χ3v) is 6.21. The van der Waals surface area contributed by atoms with Crippen LogP contribution in [0.5, 0.6) is 0 Å². The Hall–Kier alpha value is 0.354. The molecule has 1 rings (SSSR count). The summed E-state index contributed by atoms with van der Waals surface area (Å²) in [4.78, 5) is 8.98. The van der Waals surface area contributed by atoms with Gasteiger partial charge in [-0.05, 0) is 12.5 Å². The third-order valence-electron chi connectivity index (χ3n) is 1.14. The minimum atomic E-state index is -1.18. The SMILES string of the molecule is O[SiH]1CCCO[SiH2]1. The average Bonchev–Trinajstić information content (AvgIpc) is 1.69. The molecule has 0 spiro atoms. The Kier molecular flexibility index (Phi) is 2.05. The monoisotopic (exact) mass is 134 g/mol. The molecular formula is C3H10O2Si2. The quantitative estimate of drug-likeness (QED) is 0.417. The highest BCUT2D eigenvalue weighted by molar-refractivity contribution is 7.05. The van der Waals surface area contributed by atoms with Gasteiger partial charge in [-0.25, -0.2) is 0 Å². The van der Waals surface area contributed by atoms with Crippen molar-refractivity contribution in [1.82, 2.24) is 0 Å². The van der Waals surface area contributed by atoms with Gasteiger partial charge in [-0.2, -0.15) is 0 Å². The smallest absolute Gasteiger partial charge is 0.184 e. The lowest BCUT2D eigenvalue weighted by Crippen LogP contribution is -2.29. The highest BCUT2D eigenvalue weighted by Gasteiger charge is 2.11. The summed E-state index contributed by atoms with van der Waals surface area (Å²) < 4.78 is 5.13. The summed E-state index contributed by atoms with van der Waals surface area (Å²) in [6, 6.07) is 1.12. The summed E-state index contributed by atoms with van der Waals surface area (Å²) >= 11 is 0. The molecule has 1 aliphatic heterocycles. The lowest BCUT2D eigenvalue weighted by molar-refractivity contribution is 0.326. The first-order valence-electron chi connectivity index (χ1n) is 2.65. The van der Waals surface area contributed by atoms with E-state index in [-0.39, 0.29) is 9.28 Å². The van der Waals surface area contributed by atoms with Crippen molar-refractivity contribution in [2.75, 3.05) is 6.61 Å². The van der Waals surface area contributed by atoms with Crippen LogP contribution in [0.4, 0.5) is 0 Å². The van der Waals surface area contributed by atoms with Crippen molar-refractivity contribution in [3.05, 3.63) is 0 Å². The molecule has 0 bridgehead atoms. The maximum atomic E-state index is 8.98. The molecule has 0 aromatic heterocycles. The van der Waals surface area contributed by atoms with Gasteiger partial charge in [0.1, 0.15) is 0 Å². The van der Waals surface area contributed by atoms with E-state index < -0.39 is 8.56 Å². The van der Waals surface area contributed by atoms with Gasteiger partial charge in [0, 0.05) is 6.61 Å². The molecule has 1 N–H and O–H groups in total. The zero-order valence-corrected chi connectivity index (χ0v) is 6.83. The molecular weight excluding hydrogens is 124 g/mol. The zero-order chi connectivity index (χ0) is 5.11. The zero-order valence-electron chi connectivity index (χ0n) is 4.26. The lowest BCUT2D eigenvalue weighted by atomic mass is 10.5. The molecule has 0 aromatic carbocycles. The third kappa shape index (κ3) is 1.73. The molecule has 1 unspecified atom stereocenters. The summed E-state index contributed by atoms with van der Waals surface area (Å²) in [5, 5.41) is 0. The predicted octanol–water partition coefficient (Wildman–Crippen LogP) is -1.30. The van der Waals surface area contributed by atoms with Crippen molar-refractivity contribution < 1.29 is 9.22 Å². The van der Waals surface area contributed by atoms with Gasteiger partial charge < -0.3 is 9.22 Å².